The Morgan fingerprint density at radius 2 is 1.93 bits per heavy atom. The van der Waals surface area contributed by atoms with Gasteiger partial charge in [-0.25, -0.2) is 0 Å². The minimum absolute atomic E-state index is 0.0511. The van der Waals surface area contributed by atoms with Crippen LogP contribution in [0.25, 0.3) is 10.9 Å². The molecule has 0 saturated carbocycles. The number of methoxy groups -OCH3 is 2. The Morgan fingerprint density at radius 3 is 2.75 bits per heavy atom. The summed E-state index contributed by atoms with van der Waals surface area (Å²) in [7, 11) is 3.17. The van der Waals surface area contributed by atoms with Gasteiger partial charge in [0.15, 0.2) is 11.5 Å². The fraction of sp³-hybridized carbons (Fsp3) is 0.273. The van der Waals surface area contributed by atoms with E-state index in [-0.39, 0.29) is 5.91 Å². The number of nitrogens with zero attached hydrogens (tertiary/aromatic N) is 1. The summed E-state index contributed by atoms with van der Waals surface area (Å²) in [6, 6.07) is 13.5. The number of para-hydroxylation sites is 1. The van der Waals surface area contributed by atoms with E-state index in [1.165, 1.54) is 16.2 Å². The number of carbonyl (C=O) groups is 1. The van der Waals surface area contributed by atoms with Crippen LogP contribution in [0, 0.1) is 0 Å². The van der Waals surface area contributed by atoms with Crippen LogP contribution < -0.4 is 14.8 Å². The van der Waals surface area contributed by atoms with Crippen molar-refractivity contribution < 1.29 is 14.3 Å². The Kier molecular flexibility index (Phi) is 5.39. The van der Waals surface area contributed by atoms with E-state index in [0.29, 0.717) is 22.9 Å². The van der Waals surface area contributed by atoms with Gasteiger partial charge in [0.1, 0.15) is 0 Å². The number of anilines is 1. The number of fused-ring (bicyclic) bond motifs is 2. The Hall–Kier alpha value is -2.73. The zero-order chi connectivity index (χ0) is 19.5. The molecule has 2 aromatic carbocycles. The number of rotatable bonds is 6. The second-order valence-corrected chi connectivity index (χ2v) is 7.63. The molecule has 0 radical (unpaired) electrons. The lowest BCUT2D eigenvalue weighted by Crippen LogP contribution is -2.14. The lowest BCUT2D eigenvalue weighted by Gasteiger charge is -2.13. The number of thioether (sulfide) groups is 1. The Morgan fingerprint density at radius 1 is 1.11 bits per heavy atom. The zero-order valence-electron chi connectivity index (χ0n) is 16.0. The van der Waals surface area contributed by atoms with E-state index in [9.17, 15) is 4.79 Å². The maximum Gasteiger partial charge on any atom is 0.234 e. The van der Waals surface area contributed by atoms with Gasteiger partial charge >= 0.3 is 0 Å². The van der Waals surface area contributed by atoms with Gasteiger partial charge in [0.25, 0.3) is 0 Å². The van der Waals surface area contributed by atoms with Crippen molar-refractivity contribution >= 4 is 34.3 Å². The molecule has 1 aromatic heterocycles. The van der Waals surface area contributed by atoms with Crippen LogP contribution in [0.15, 0.2) is 47.4 Å². The number of pyridine rings is 1. The van der Waals surface area contributed by atoms with Gasteiger partial charge in [-0.15, -0.1) is 11.8 Å². The van der Waals surface area contributed by atoms with Crippen molar-refractivity contribution in [2.75, 3.05) is 25.3 Å². The van der Waals surface area contributed by atoms with Crippen LogP contribution in [0.5, 0.6) is 11.5 Å². The van der Waals surface area contributed by atoms with Gasteiger partial charge in [-0.05, 0) is 43.0 Å². The highest BCUT2D eigenvalue weighted by Gasteiger charge is 2.20. The summed E-state index contributed by atoms with van der Waals surface area (Å²) in [5.74, 6) is 1.51. The van der Waals surface area contributed by atoms with Crippen molar-refractivity contribution in [2.24, 2.45) is 0 Å². The standard InChI is InChI=1S/C22H22N2O3S/c1-26-19-11-10-14(12-20(19)27-2)23-21(25)13-28-22-15-6-3-4-8-17(15)24-18-9-5-7-16(18)22/h3-4,6,8,10-12H,5,7,9,13H2,1-2H3,(H,23,25). The van der Waals surface area contributed by atoms with Gasteiger partial charge in [0, 0.05) is 27.7 Å². The summed E-state index contributed by atoms with van der Waals surface area (Å²) in [4.78, 5) is 18.6. The molecule has 0 atom stereocenters. The van der Waals surface area contributed by atoms with Crippen LogP contribution in [-0.4, -0.2) is 30.9 Å². The lowest BCUT2D eigenvalue weighted by molar-refractivity contribution is -0.113. The third-order valence-electron chi connectivity index (χ3n) is 4.88. The number of carbonyl (C=O) groups excluding carboxylic acids is 1. The normalized spacial score (nSPS) is 12.6. The Balaban J connectivity index is 1.52. The van der Waals surface area contributed by atoms with E-state index in [0.717, 1.165) is 30.2 Å². The molecule has 28 heavy (non-hydrogen) atoms. The minimum Gasteiger partial charge on any atom is -0.493 e. The SMILES string of the molecule is COc1ccc(NC(=O)CSc2c3c(nc4ccccc24)CCC3)cc1OC. The number of hydrogen-bond donors (Lipinski definition) is 1. The smallest absolute Gasteiger partial charge is 0.234 e. The molecule has 1 aliphatic rings. The van der Waals surface area contributed by atoms with Gasteiger partial charge in [-0.1, -0.05) is 18.2 Å². The summed E-state index contributed by atoms with van der Waals surface area (Å²) in [5.41, 5.74) is 4.18. The van der Waals surface area contributed by atoms with Gasteiger partial charge < -0.3 is 14.8 Å². The average Bonchev–Trinajstić information content (AvgIpc) is 3.19. The minimum atomic E-state index is -0.0511. The van der Waals surface area contributed by atoms with Gasteiger partial charge in [0.2, 0.25) is 5.91 Å². The topological polar surface area (TPSA) is 60.5 Å². The fourth-order valence-corrected chi connectivity index (χ4v) is 4.65. The number of ether oxygens (including phenoxy) is 2. The van der Waals surface area contributed by atoms with Crippen LogP contribution in [0.3, 0.4) is 0 Å². The molecule has 1 heterocycles. The second-order valence-electron chi connectivity index (χ2n) is 6.64. The predicted octanol–water partition coefficient (Wildman–Crippen LogP) is 4.47. The maximum atomic E-state index is 12.6. The van der Waals surface area contributed by atoms with Crippen LogP contribution in [-0.2, 0) is 17.6 Å². The van der Waals surface area contributed by atoms with Crippen LogP contribution in [0.2, 0.25) is 0 Å². The summed E-state index contributed by atoms with van der Waals surface area (Å²) in [5, 5.41) is 4.07. The van der Waals surface area contributed by atoms with Crippen molar-refractivity contribution in [1.82, 2.24) is 4.98 Å². The molecule has 6 heteroatoms. The molecule has 1 amide bonds. The molecule has 0 fully saturated rings. The molecule has 0 spiro atoms. The monoisotopic (exact) mass is 394 g/mol. The van der Waals surface area contributed by atoms with Crippen molar-refractivity contribution in [3.63, 3.8) is 0 Å². The molecule has 0 bridgehead atoms. The highest BCUT2D eigenvalue weighted by molar-refractivity contribution is 8.00. The fourth-order valence-electron chi connectivity index (χ4n) is 3.58. The van der Waals surface area contributed by atoms with Crippen molar-refractivity contribution in [3.8, 4) is 11.5 Å². The quantitative estimate of drug-likeness (QED) is 0.625. The Labute approximate surface area is 168 Å². The number of hydrogen-bond acceptors (Lipinski definition) is 5. The van der Waals surface area contributed by atoms with E-state index in [1.807, 2.05) is 24.3 Å². The maximum absolute atomic E-state index is 12.6. The summed E-state index contributed by atoms with van der Waals surface area (Å²) < 4.78 is 10.5. The first-order valence-electron chi connectivity index (χ1n) is 9.24. The molecule has 0 unspecified atom stereocenters. The van der Waals surface area contributed by atoms with Gasteiger partial charge in [-0.2, -0.15) is 0 Å². The van der Waals surface area contributed by atoms with Crippen molar-refractivity contribution in [1.29, 1.82) is 0 Å². The van der Waals surface area contributed by atoms with E-state index in [1.54, 1.807) is 38.1 Å². The molecule has 1 aliphatic carbocycles. The van der Waals surface area contributed by atoms with Gasteiger partial charge in [0.05, 0.1) is 25.5 Å². The number of amides is 1. The second kappa shape index (κ2) is 8.10. The molecule has 5 nitrogen and oxygen atoms in total. The molecule has 1 N–H and O–H groups in total. The first-order chi connectivity index (χ1) is 13.7. The number of aryl methyl sites for hydroxylation is 1. The zero-order valence-corrected chi connectivity index (χ0v) is 16.8. The van der Waals surface area contributed by atoms with Crippen LogP contribution in [0.4, 0.5) is 5.69 Å². The van der Waals surface area contributed by atoms with Crippen LogP contribution >= 0.6 is 11.8 Å². The molecule has 4 rings (SSSR count). The molecular formula is C22H22N2O3S. The average molecular weight is 394 g/mol. The van der Waals surface area contributed by atoms with E-state index < -0.39 is 0 Å². The number of nitrogens with one attached hydrogen (secondary N) is 1. The van der Waals surface area contributed by atoms with Gasteiger partial charge in [-0.3, -0.25) is 9.78 Å². The summed E-state index contributed by atoms with van der Waals surface area (Å²) >= 11 is 1.59. The summed E-state index contributed by atoms with van der Waals surface area (Å²) in [6.07, 6.45) is 3.18. The third kappa shape index (κ3) is 3.64. The molecule has 144 valence electrons. The van der Waals surface area contributed by atoms with E-state index in [2.05, 4.69) is 11.4 Å². The highest BCUT2D eigenvalue weighted by atomic mass is 32.2. The number of benzene rings is 2. The predicted molar refractivity (Wildman–Crippen MR) is 113 cm³/mol. The van der Waals surface area contributed by atoms with Crippen molar-refractivity contribution in [2.45, 2.75) is 24.2 Å². The largest absolute Gasteiger partial charge is 0.493 e. The lowest BCUT2D eigenvalue weighted by atomic mass is 10.1. The highest BCUT2D eigenvalue weighted by Crippen LogP contribution is 2.37. The van der Waals surface area contributed by atoms with Crippen molar-refractivity contribution in [3.05, 3.63) is 53.7 Å². The molecular weight excluding hydrogens is 372 g/mol. The number of aromatic nitrogens is 1. The summed E-state index contributed by atoms with van der Waals surface area (Å²) in [6.45, 7) is 0. The van der Waals surface area contributed by atoms with E-state index >= 15 is 0 Å². The molecule has 0 saturated heterocycles. The molecule has 0 aliphatic heterocycles. The Bertz CT molecular complexity index is 1040. The van der Waals surface area contributed by atoms with Crippen LogP contribution in [0.1, 0.15) is 17.7 Å². The van der Waals surface area contributed by atoms with E-state index in [4.69, 9.17) is 14.5 Å². The molecule has 3 aromatic rings. The first kappa shape index (κ1) is 18.6. The first-order valence-corrected chi connectivity index (χ1v) is 10.2. The third-order valence-corrected chi connectivity index (χ3v) is 6.04.